The van der Waals surface area contributed by atoms with Crippen molar-refractivity contribution in [1.29, 1.82) is 0 Å². The Balaban J connectivity index is 7.24. The molecule has 0 aromatic heterocycles. The molecule has 6 nitrogen and oxygen atoms in total. The molecule has 48 heavy (non-hydrogen) atoms. The van der Waals surface area contributed by atoms with Crippen molar-refractivity contribution < 1.29 is 131 Å². The predicted molar refractivity (Wildman–Crippen MR) is 98.4 cm³/mol. The largest absolute Gasteiger partial charge is 0.460 e. The molecule has 0 fully saturated rings. The van der Waals surface area contributed by atoms with Crippen LogP contribution in [0.1, 0.15) is 6.42 Å². The zero-order valence-electron chi connectivity index (χ0n) is 21.0. The van der Waals surface area contributed by atoms with Gasteiger partial charge in [-0.15, -0.1) is 0 Å². The van der Waals surface area contributed by atoms with Gasteiger partial charge >= 0.3 is 70.7 Å². The second kappa shape index (κ2) is 11.8. The maximum atomic E-state index is 13.8. The average molecular weight is 821 g/mol. The smallest absolute Gasteiger partial charge is 0.286 e. The molecule has 0 aliphatic rings. The molecule has 0 rings (SSSR count). The van der Waals surface area contributed by atoms with Gasteiger partial charge in [0.15, 0.2) is 0 Å². The van der Waals surface area contributed by atoms with E-state index in [9.17, 15) is 127 Å². The average Bonchev–Trinajstić information content (AvgIpc) is 2.83. The van der Waals surface area contributed by atoms with Crippen molar-refractivity contribution in [2.24, 2.45) is 0 Å². The number of halogens is 25. The van der Waals surface area contributed by atoms with Crippen LogP contribution in [0.25, 0.3) is 0 Å². The summed E-state index contributed by atoms with van der Waals surface area (Å²) < 4.78 is 387. The lowest BCUT2D eigenvalue weighted by atomic mass is 9.85. The van der Waals surface area contributed by atoms with Crippen molar-refractivity contribution in [3.8, 4) is 0 Å². The Hall–Kier alpha value is -1.93. The van der Waals surface area contributed by atoms with E-state index in [1.54, 1.807) is 0 Å². The number of sulfonamides is 1. The van der Waals surface area contributed by atoms with E-state index in [0.717, 1.165) is 0 Å². The first-order valence-corrected chi connectivity index (χ1v) is 13.5. The first kappa shape index (κ1) is 46.1. The van der Waals surface area contributed by atoms with Gasteiger partial charge in [0.25, 0.3) is 20.1 Å². The van der Waals surface area contributed by atoms with Crippen LogP contribution in [-0.4, -0.2) is 104 Å². The lowest BCUT2D eigenvalue weighted by Crippen LogP contribution is -2.78. The molecule has 0 spiro atoms. The van der Waals surface area contributed by atoms with Crippen molar-refractivity contribution in [2.45, 2.75) is 77.1 Å². The van der Waals surface area contributed by atoms with Crippen molar-refractivity contribution >= 4 is 20.1 Å². The highest BCUT2D eigenvalue weighted by Crippen LogP contribution is 2.68. The van der Waals surface area contributed by atoms with Crippen LogP contribution in [-0.2, 0) is 20.1 Å². The molecule has 0 aliphatic carbocycles. The zero-order valence-corrected chi connectivity index (χ0v) is 22.6. The van der Waals surface area contributed by atoms with Gasteiger partial charge in [-0.3, -0.25) is 4.55 Å². The summed E-state index contributed by atoms with van der Waals surface area (Å²) in [5, 5.41) is -8.11. The van der Waals surface area contributed by atoms with Gasteiger partial charge < -0.3 is 0 Å². The van der Waals surface area contributed by atoms with Crippen molar-refractivity contribution in [3.63, 3.8) is 0 Å². The maximum Gasteiger partial charge on any atom is 0.460 e. The second-order valence-corrected chi connectivity index (χ2v) is 12.2. The zero-order chi connectivity index (χ0) is 39.8. The van der Waals surface area contributed by atoms with Crippen LogP contribution in [0, 0.1) is 0 Å². The quantitative estimate of drug-likeness (QED) is 0.103. The fraction of sp³-hybridized carbons (Fsp3) is 1.00. The Kier molecular flexibility index (Phi) is 11.3. The Bertz CT molecular complexity index is 1400. The molecular weight excluding hydrogens is 813 g/mol. The van der Waals surface area contributed by atoms with Crippen LogP contribution in [0.4, 0.5) is 110 Å². The van der Waals surface area contributed by atoms with Crippen molar-refractivity contribution in [1.82, 2.24) is 4.72 Å². The van der Waals surface area contributed by atoms with E-state index in [0.29, 0.717) is 0 Å². The van der Waals surface area contributed by atoms with E-state index in [1.165, 1.54) is 0 Å². The molecular formula is C15H8F25NO5S2. The second-order valence-electron chi connectivity index (χ2n) is 8.80. The van der Waals surface area contributed by atoms with Crippen molar-refractivity contribution in [2.75, 3.05) is 12.3 Å². The van der Waals surface area contributed by atoms with Crippen LogP contribution < -0.4 is 4.72 Å². The topological polar surface area (TPSA) is 101 Å². The summed E-state index contributed by atoms with van der Waals surface area (Å²) in [5.41, 5.74) is 0. The Labute approximate surface area is 246 Å². The Morgan fingerprint density at radius 2 is 0.625 bits per heavy atom. The molecule has 0 heterocycles. The van der Waals surface area contributed by atoms with E-state index < -0.39 is 110 Å². The number of alkyl halides is 25. The van der Waals surface area contributed by atoms with Gasteiger partial charge in [-0.05, 0) is 6.42 Å². The maximum absolute atomic E-state index is 13.8. The molecule has 0 aromatic rings. The van der Waals surface area contributed by atoms with E-state index in [-0.39, 0.29) is 4.72 Å². The van der Waals surface area contributed by atoms with Gasteiger partial charge in [0.2, 0.25) is 0 Å². The first-order chi connectivity index (χ1) is 20.2. The molecule has 0 bridgehead atoms. The minimum absolute atomic E-state index is 0.00599. The third-order valence-corrected chi connectivity index (χ3v) is 7.80. The van der Waals surface area contributed by atoms with E-state index in [4.69, 9.17) is 4.55 Å². The van der Waals surface area contributed by atoms with Gasteiger partial charge in [-0.25, -0.2) is 13.1 Å². The summed E-state index contributed by atoms with van der Waals surface area (Å²) in [4.78, 5) is 0. The molecule has 0 saturated heterocycles. The number of hydrogen-bond acceptors (Lipinski definition) is 4. The van der Waals surface area contributed by atoms with Crippen LogP contribution in [0.2, 0.25) is 0 Å². The van der Waals surface area contributed by atoms with E-state index >= 15 is 0 Å². The SMILES string of the molecule is O=S(=O)(O)CCCNS(=O)(=O)C(F)(F)C(F)(F)C(F)(F)C(F)(F)C(F)(F)C(F)(F)C(F)(F)C(F)(F)C(F)(F)C(F)(F)C(F)(F)C(F)(F)F. The van der Waals surface area contributed by atoms with Crippen LogP contribution in [0.15, 0.2) is 0 Å². The lowest BCUT2D eigenvalue weighted by Gasteiger charge is -2.45. The van der Waals surface area contributed by atoms with Crippen LogP contribution in [0.3, 0.4) is 0 Å². The molecule has 0 atom stereocenters. The van der Waals surface area contributed by atoms with Crippen LogP contribution in [0.5, 0.6) is 0 Å². The van der Waals surface area contributed by atoms with Gasteiger partial charge in [0.05, 0.1) is 5.75 Å². The number of hydrogen-bond donors (Lipinski definition) is 2. The molecule has 2 N–H and O–H groups in total. The summed E-state index contributed by atoms with van der Waals surface area (Å²) in [5.74, 6) is -96.0. The molecule has 0 radical (unpaired) electrons. The molecule has 290 valence electrons. The summed E-state index contributed by atoms with van der Waals surface area (Å²) in [6.07, 6.45) is -9.77. The van der Waals surface area contributed by atoms with Crippen LogP contribution >= 0.6 is 0 Å². The summed E-state index contributed by atoms with van der Waals surface area (Å²) in [6.45, 7) is -2.02. The minimum Gasteiger partial charge on any atom is -0.286 e. The van der Waals surface area contributed by atoms with E-state index in [2.05, 4.69) is 0 Å². The molecule has 33 heteroatoms. The summed E-state index contributed by atoms with van der Waals surface area (Å²) in [6, 6.07) is 0. The van der Waals surface area contributed by atoms with Gasteiger partial charge in [-0.1, -0.05) is 0 Å². The standard InChI is InChI=1S/C15H8F25NO5S2/c16-4(17,6(20,21)8(24,25)10(28,29)12(32,33)14(36,37)38)5(18,19)7(22,23)9(26,27)11(30,31)13(34,35)15(39,40)48(45,46)41-2-1-3-47(42,43)44/h41H,1-3H2,(H,42,43,44). The summed E-state index contributed by atoms with van der Waals surface area (Å²) in [7, 11) is -13.0. The first-order valence-electron chi connectivity index (χ1n) is 10.4. The normalized spacial score (nSPS) is 16.8. The third-order valence-electron chi connectivity index (χ3n) is 5.48. The molecule has 0 amide bonds. The fourth-order valence-electron chi connectivity index (χ4n) is 2.66. The Morgan fingerprint density at radius 1 is 0.396 bits per heavy atom. The third kappa shape index (κ3) is 6.17. The monoisotopic (exact) mass is 821 g/mol. The minimum atomic E-state index is -9.80. The summed E-state index contributed by atoms with van der Waals surface area (Å²) >= 11 is 0. The predicted octanol–water partition coefficient (Wildman–Crippen LogP) is 6.69. The van der Waals surface area contributed by atoms with Gasteiger partial charge in [-0.2, -0.15) is 118 Å². The molecule has 0 unspecified atom stereocenters. The van der Waals surface area contributed by atoms with Crippen molar-refractivity contribution in [3.05, 3.63) is 0 Å². The highest BCUT2D eigenvalue weighted by molar-refractivity contribution is 7.90. The molecule has 0 saturated carbocycles. The fourth-order valence-corrected chi connectivity index (χ4v) is 4.23. The highest BCUT2D eigenvalue weighted by atomic mass is 32.2. The van der Waals surface area contributed by atoms with E-state index in [1.807, 2.05) is 0 Å². The molecule has 0 aromatic carbocycles. The van der Waals surface area contributed by atoms with Gasteiger partial charge in [0, 0.05) is 6.54 Å². The molecule has 0 aliphatic heterocycles. The number of rotatable bonds is 16. The van der Waals surface area contributed by atoms with Gasteiger partial charge in [0.1, 0.15) is 0 Å². The Morgan fingerprint density at radius 3 is 0.854 bits per heavy atom. The number of nitrogens with one attached hydrogen (secondary N) is 1. The highest BCUT2D eigenvalue weighted by Gasteiger charge is 3.00. The lowest BCUT2D eigenvalue weighted by molar-refractivity contribution is -0.480.